The quantitative estimate of drug-likeness (QED) is 0.0222. The Morgan fingerprint density at radius 2 is 0.575 bits per heavy atom. The van der Waals surface area contributed by atoms with Crippen molar-refractivity contribution in [2.24, 2.45) is 5.92 Å². The smallest absolute Gasteiger partial charge is 0.462 e. The van der Waals surface area contributed by atoms with Crippen LogP contribution in [0.15, 0.2) is 0 Å². The number of esters is 4. The van der Waals surface area contributed by atoms with Crippen molar-refractivity contribution < 1.29 is 80.2 Å². The molecule has 80 heavy (non-hydrogen) atoms. The van der Waals surface area contributed by atoms with Crippen molar-refractivity contribution in [2.45, 2.75) is 323 Å². The first-order valence-corrected chi connectivity index (χ1v) is 35.1. The van der Waals surface area contributed by atoms with Gasteiger partial charge in [-0.3, -0.25) is 37.3 Å². The summed E-state index contributed by atoms with van der Waals surface area (Å²) in [7, 11) is -9.87. The Morgan fingerprint density at radius 3 is 0.850 bits per heavy atom. The van der Waals surface area contributed by atoms with Crippen LogP contribution in [-0.2, 0) is 65.4 Å². The van der Waals surface area contributed by atoms with E-state index in [0.717, 1.165) is 103 Å². The Balaban J connectivity index is 5.16. The molecule has 19 heteroatoms. The first-order chi connectivity index (χ1) is 38.5. The predicted molar refractivity (Wildman–Crippen MR) is 317 cm³/mol. The van der Waals surface area contributed by atoms with E-state index in [0.29, 0.717) is 31.6 Å². The summed E-state index contributed by atoms with van der Waals surface area (Å²) in [5.41, 5.74) is 0. The van der Waals surface area contributed by atoms with Gasteiger partial charge in [-0.05, 0) is 31.6 Å². The van der Waals surface area contributed by atoms with E-state index in [1.807, 2.05) is 0 Å². The van der Waals surface area contributed by atoms with Gasteiger partial charge >= 0.3 is 39.5 Å². The number of hydrogen-bond donors (Lipinski definition) is 3. The molecule has 0 radical (unpaired) electrons. The number of hydrogen-bond acceptors (Lipinski definition) is 15. The van der Waals surface area contributed by atoms with Crippen LogP contribution in [0.25, 0.3) is 0 Å². The monoisotopic (exact) mass is 1180 g/mol. The maximum atomic E-state index is 12.9. The van der Waals surface area contributed by atoms with Gasteiger partial charge in [0.05, 0.1) is 26.4 Å². The van der Waals surface area contributed by atoms with E-state index in [1.54, 1.807) is 0 Å². The van der Waals surface area contributed by atoms with E-state index in [2.05, 4.69) is 34.6 Å². The SMILES string of the molecule is CCCCCCCCCCCCCCCCCC(=O)O[C@H](COC(=O)CCCCCCCCCC(C)C)COP(=O)(O)OC[C@@H](O)COP(=O)(O)OC[C@@H](COC(=O)CCCCCCC)OC(=O)CCCCCCCCCCCC. The fourth-order valence-corrected chi connectivity index (χ4v) is 10.6. The second-order valence-corrected chi connectivity index (χ2v) is 25.5. The highest BCUT2D eigenvalue weighted by Gasteiger charge is 2.30. The Labute approximate surface area is 486 Å². The van der Waals surface area contributed by atoms with E-state index < -0.39 is 97.5 Å². The van der Waals surface area contributed by atoms with Gasteiger partial charge in [0.1, 0.15) is 19.3 Å². The molecule has 0 fully saturated rings. The maximum absolute atomic E-state index is 12.9. The van der Waals surface area contributed by atoms with E-state index in [9.17, 15) is 43.2 Å². The van der Waals surface area contributed by atoms with Gasteiger partial charge in [0, 0.05) is 25.7 Å². The number of aliphatic hydroxyl groups excluding tert-OH is 1. The first-order valence-electron chi connectivity index (χ1n) is 32.1. The van der Waals surface area contributed by atoms with Gasteiger partial charge in [0.25, 0.3) is 0 Å². The Kier molecular flexibility index (Phi) is 53.6. The highest BCUT2D eigenvalue weighted by molar-refractivity contribution is 7.47. The van der Waals surface area contributed by atoms with Crippen LogP contribution in [0.1, 0.15) is 304 Å². The molecule has 0 amide bonds. The summed E-state index contributed by atoms with van der Waals surface area (Å²) in [6, 6.07) is 0. The van der Waals surface area contributed by atoms with Crippen molar-refractivity contribution in [3.8, 4) is 0 Å². The molecule has 0 aliphatic heterocycles. The molecule has 0 aromatic rings. The summed E-state index contributed by atoms with van der Waals surface area (Å²) in [6.45, 7) is 7.03. The number of phosphoric ester groups is 2. The normalized spacial score (nSPS) is 14.3. The van der Waals surface area contributed by atoms with Crippen LogP contribution in [-0.4, -0.2) is 96.7 Å². The number of unbranched alkanes of at least 4 members (excludes halogenated alkanes) is 33. The zero-order valence-electron chi connectivity index (χ0n) is 51.2. The highest BCUT2D eigenvalue weighted by Crippen LogP contribution is 2.45. The van der Waals surface area contributed by atoms with Crippen LogP contribution in [0.4, 0.5) is 0 Å². The number of aliphatic hydroxyl groups is 1. The molecule has 0 spiro atoms. The molecule has 474 valence electrons. The second kappa shape index (κ2) is 55.0. The van der Waals surface area contributed by atoms with Crippen molar-refractivity contribution >= 4 is 39.5 Å². The van der Waals surface area contributed by atoms with Crippen LogP contribution >= 0.6 is 15.6 Å². The molecule has 0 aromatic carbocycles. The summed E-state index contributed by atoms with van der Waals surface area (Å²) in [5.74, 6) is -1.44. The molecular formula is C61H118O17P2. The van der Waals surface area contributed by atoms with Gasteiger partial charge in [0.15, 0.2) is 12.2 Å². The molecule has 17 nitrogen and oxygen atoms in total. The van der Waals surface area contributed by atoms with Gasteiger partial charge in [0.2, 0.25) is 0 Å². The fraction of sp³-hybridized carbons (Fsp3) is 0.934. The van der Waals surface area contributed by atoms with E-state index in [4.69, 9.17) is 37.0 Å². The van der Waals surface area contributed by atoms with Crippen molar-refractivity contribution in [1.29, 1.82) is 0 Å². The zero-order chi connectivity index (χ0) is 59.2. The summed E-state index contributed by atoms with van der Waals surface area (Å²) >= 11 is 0. The van der Waals surface area contributed by atoms with Crippen LogP contribution in [0.5, 0.6) is 0 Å². The first kappa shape index (κ1) is 78.1. The van der Waals surface area contributed by atoms with Gasteiger partial charge in [-0.25, -0.2) is 9.13 Å². The van der Waals surface area contributed by atoms with Crippen LogP contribution in [0.2, 0.25) is 0 Å². The largest absolute Gasteiger partial charge is 0.472 e. The number of rotatable bonds is 61. The minimum Gasteiger partial charge on any atom is -0.462 e. The molecule has 0 saturated heterocycles. The molecule has 0 heterocycles. The van der Waals surface area contributed by atoms with Crippen molar-refractivity contribution in [3.63, 3.8) is 0 Å². The average Bonchev–Trinajstić information content (AvgIpc) is 3.42. The van der Waals surface area contributed by atoms with E-state index >= 15 is 0 Å². The molecule has 0 saturated carbocycles. The molecule has 5 atom stereocenters. The lowest BCUT2D eigenvalue weighted by atomic mass is 10.0. The molecule has 0 aliphatic carbocycles. The molecule has 0 rings (SSSR count). The van der Waals surface area contributed by atoms with Crippen molar-refractivity contribution in [1.82, 2.24) is 0 Å². The van der Waals surface area contributed by atoms with Crippen LogP contribution in [0, 0.1) is 5.92 Å². The Bertz CT molecular complexity index is 1570. The average molecular weight is 1190 g/mol. The third-order valence-electron chi connectivity index (χ3n) is 14.0. The summed E-state index contributed by atoms with van der Waals surface area (Å²) in [6.07, 6.45) is 38.0. The molecule has 0 bridgehead atoms. The number of carbonyl (C=O) groups is 4. The molecule has 2 unspecified atom stereocenters. The lowest BCUT2D eigenvalue weighted by Crippen LogP contribution is -2.30. The third kappa shape index (κ3) is 55.3. The third-order valence-corrected chi connectivity index (χ3v) is 15.9. The minimum atomic E-state index is -4.94. The van der Waals surface area contributed by atoms with E-state index in [-0.39, 0.29) is 25.7 Å². The predicted octanol–water partition coefficient (Wildman–Crippen LogP) is 16.6. The number of ether oxygens (including phenoxy) is 4. The summed E-state index contributed by atoms with van der Waals surface area (Å²) in [4.78, 5) is 71.8. The molecular weight excluding hydrogens is 1070 g/mol. The second-order valence-electron chi connectivity index (χ2n) is 22.6. The van der Waals surface area contributed by atoms with Gasteiger partial charge < -0.3 is 33.8 Å². The Hall–Kier alpha value is -1.94. The molecule has 0 aliphatic rings. The van der Waals surface area contributed by atoms with Gasteiger partial charge in [-0.1, -0.05) is 253 Å². The topological polar surface area (TPSA) is 237 Å². The fourth-order valence-electron chi connectivity index (χ4n) is 9.05. The summed E-state index contributed by atoms with van der Waals surface area (Å²) in [5, 5.41) is 10.5. The minimum absolute atomic E-state index is 0.105. The highest BCUT2D eigenvalue weighted by atomic mass is 31.2. The van der Waals surface area contributed by atoms with Crippen LogP contribution in [0.3, 0.4) is 0 Å². The lowest BCUT2D eigenvalue weighted by molar-refractivity contribution is -0.161. The zero-order valence-corrected chi connectivity index (χ0v) is 53.0. The van der Waals surface area contributed by atoms with E-state index in [1.165, 1.54) is 116 Å². The van der Waals surface area contributed by atoms with Gasteiger partial charge in [-0.15, -0.1) is 0 Å². The number of phosphoric acid groups is 2. The summed E-state index contributed by atoms with van der Waals surface area (Å²) < 4.78 is 67.7. The van der Waals surface area contributed by atoms with Gasteiger partial charge in [-0.2, -0.15) is 0 Å². The standard InChI is InChI=1S/C61H118O17P2/c1-6-9-12-15-17-19-21-22-23-24-25-27-31-37-42-47-61(66)78-57(51-72-59(64)45-40-35-32-28-29-34-38-43-54(4)5)53-76-80(69,70)74-49-55(62)48-73-79(67,68)75-52-56(50-71-58(63)44-39-33-14-11-8-3)77-60(65)46-41-36-30-26-20-18-16-13-10-7-2/h54-57,62H,6-53H2,1-5H3,(H,67,68)(H,69,70)/t55-,56+,57+/m0/s1. The Morgan fingerprint density at radius 1 is 0.338 bits per heavy atom. The molecule has 0 aromatic heterocycles. The maximum Gasteiger partial charge on any atom is 0.472 e. The van der Waals surface area contributed by atoms with Crippen molar-refractivity contribution in [3.05, 3.63) is 0 Å². The van der Waals surface area contributed by atoms with Crippen molar-refractivity contribution in [2.75, 3.05) is 39.6 Å². The van der Waals surface area contributed by atoms with Crippen LogP contribution < -0.4 is 0 Å². The number of carbonyl (C=O) groups excluding carboxylic acids is 4. The lowest BCUT2D eigenvalue weighted by Gasteiger charge is -2.21. The molecule has 3 N–H and O–H groups in total.